The number of benzene rings is 1. The van der Waals surface area contributed by atoms with Crippen LogP contribution in [0, 0.1) is 0 Å². The Balaban J connectivity index is 2.32. The summed E-state index contributed by atoms with van der Waals surface area (Å²) in [5.74, 6) is -0.00882. The lowest BCUT2D eigenvalue weighted by atomic mass is 10.1. The zero-order chi connectivity index (χ0) is 14.3. The van der Waals surface area contributed by atoms with Gasteiger partial charge in [0.05, 0.1) is 6.54 Å². The van der Waals surface area contributed by atoms with Gasteiger partial charge in [-0.2, -0.15) is 0 Å². The van der Waals surface area contributed by atoms with Gasteiger partial charge in [0.1, 0.15) is 0 Å². The minimum atomic E-state index is -0.0440. The summed E-state index contributed by atoms with van der Waals surface area (Å²) in [6.45, 7) is 3.21. The molecule has 0 atom stereocenters. The van der Waals surface area contributed by atoms with Gasteiger partial charge in [-0.3, -0.25) is 9.59 Å². The Morgan fingerprint density at radius 1 is 1.16 bits per heavy atom. The Kier molecular flexibility index (Phi) is 6.02. The van der Waals surface area contributed by atoms with E-state index in [9.17, 15) is 9.59 Å². The predicted octanol–water partition coefficient (Wildman–Crippen LogP) is 0.979. The standard InChI is InChI=1S/C14H21N3O2/c1-11(18)12-4-6-13(7-5-12)16-10-14(19)15-8-9-17(2)3/h4-7,16H,8-10H2,1-3H3,(H,15,19). The van der Waals surface area contributed by atoms with Crippen molar-refractivity contribution in [3.63, 3.8) is 0 Å². The SMILES string of the molecule is CC(=O)c1ccc(NCC(=O)NCCN(C)C)cc1. The largest absolute Gasteiger partial charge is 0.376 e. The summed E-state index contributed by atoms with van der Waals surface area (Å²) in [4.78, 5) is 24.6. The molecular weight excluding hydrogens is 242 g/mol. The van der Waals surface area contributed by atoms with Crippen LogP contribution in [0.15, 0.2) is 24.3 Å². The summed E-state index contributed by atoms with van der Waals surface area (Å²) in [5.41, 5.74) is 1.49. The molecule has 0 aliphatic heterocycles. The second-order valence-corrected chi connectivity index (χ2v) is 4.64. The first-order chi connectivity index (χ1) is 8.99. The monoisotopic (exact) mass is 263 g/mol. The quantitative estimate of drug-likeness (QED) is 0.720. The molecule has 0 radical (unpaired) electrons. The minimum Gasteiger partial charge on any atom is -0.376 e. The number of Topliss-reactive ketones (excluding diaryl/α,β-unsaturated/α-hetero) is 1. The highest BCUT2D eigenvalue weighted by Crippen LogP contribution is 2.09. The van der Waals surface area contributed by atoms with Crippen molar-refractivity contribution in [2.24, 2.45) is 0 Å². The highest BCUT2D eigenvalue weighted by Gasteiger charge is 2.02. The molecule has 5 heteroatoms. The van der Waals surface area contributed by atoms with Crippen molar-refractivity contribution in [1.29, 1.82) is 0 Å². The average molecular weight is 263 g/mol. The molecule has 19 heavy (non-hydrogen) atoms. The molecule has 0 unspecified atom stereocenters. The molecular formula is C14H21N3O2. The predicted molar refractivity (Wildman–Crippen MR) is 76.5 cm³/mol. The molecule has 0 saturated heterocycles. The topological polar surface area (TPSA) is 61.4 Å². The fraction of sp³-hybridized carbons (Fsp3) is 0.429. The van der Waals surface area contributed by atoms with E-state index in [1.54, 1.807) is 24.3 Å². The van der Waals surface area contributed by atoms with E-state index in [0.717, 1.165) is 12.2 Å². The van der Waals surface area contributed by atoms with Crippen molar-refractivity contribution in [1.82, 2.24) is 10.2 Å². The lowest BCUT2D eigenvalue weighted by Crippen LogP contribution is -2.34. The highest BCUT2D eigenvalue weighted by molar-refractivity contribution is 5.94. The molecule has 0 spiro atoms. The van der Waals surface area contributed by atoms with Gasteiger partial charge >= 0.3 is 0 Å². The van der Waals surface area contributed by atoms with E-state index in [0.29, 0.717) is 12.1 Å². The molecule has 104 valence electrons. The van der Waals surface area contributed by atoms with E-state index in [-0.39, 0.29) is 18.2 Å². The highest BCUT2D eigenvalue weighted by atomic mass is 16.2. The summed E-state index contributed by atoms with van der Waals surface area (Å²) < 4.78 is 0. The molecule has 0 aliphatic rings. The molecule has 1 aromatic rings. The van der Waals surface area contributed by atoms with Crippen LogP contribution < -0.4 is 10.6 Å². The summed E-state index contributed by atoms with van der Waals surface area (Å²) in [7, 11) is 3.92. The van der Waals surface area contributed by atoms with E-state index in [1.807, 2.05) is 19.0 Å². The molecule has 2 N–H and O–H groups in total. The third-order valence-electron chi connectivity index (χ3n) is 2.63. The number of likely N-dealkylation sites (N-methyl/N-ethyl adjacent to an activating group) is 1. The molecule has 0 fully saturated rings. The van der Waals surface area contributed by atoms with Crippen LogP contribution in [0.4, 0.5) is 5.69 Å². The van der Waals surface area contributed by atoms with Gasteiger partial charge in [0.25, 0.3) is 0 Å². The van der Waals surface area contributed by atoms with Crippen molar-refractivity contribution in [2.75, 3.05) is 39.0 Å². The number of hydrogen-bond donors (Lipinski definition) is 2. The van der Waals surface area contributed by atoms with Crippen LogP contribution in [0.25, 0.3) is 0 Å². The van der Waals surface area contributed by atoms with Crippen molar-refractivity contribution in [3.8, 4) is 0 Å². The first-order valence-corrected chi connectivity index (χ1v) is 6.25. The van der Waals surface area contributed by atoms with Crippen LogP contribution in [0.2, 0.25) is 0 Å². The molecule has 1 aromatic carbocycles. The molecule has 0 aromatic heterocycles. The maximum Gasteiger partial charge on any atom is 0.239 e. The fourth-order valence-electron chi connectivity index (χ4n) is 1.49. The summed E-state index contributed by atoms with van der Waals surface area (Å²) in [6, 6.07) is 7.08. The van der Waals surface area contributed by atoms with Gasteiger partial charge in [-0.15, -0.1) is 0 Å². The number of hydrogen-bond acceptors (Lipinski definition) is 4. The van der Waals surface area contributed by atoms with Crippen LogP contribution >= 0.6 is 0 Å². The molecule has 0 heterocycles. The Labute approximate surface area is 114 Å². The zero-order valence-electron chi connectivity index (χ0n) is 11.7. The van der Waals surface area contributed by atoms with E-state index >= 15 is 0 Å². The zero-order valence-corrected chi connectivity index (χ0v) is 11.7. The van der Waals surface area contributed by atoms with Crippen LogP contribution in [0.1, 0.15) is 17.3 Å². The Hall–Kier alpha value is -1.88. The Bertz CT molecular complexity index is 427. The maximum absolute atomic E-state index is 11.5. The van der Waals surface area contributed by atoms with Crippen LogP contribution in [0.3, 0.4) is 0 Å². The Morgan fingerprint density at radius 3 is 2.32 bits per heavy atom. The van der Waals surface area contributed by atoms with Crippen molar-refractivity contribution in [3.05, 3.63) is 29.8 Å². The minimum absolute atomic E-state index is 0.0352. The van der Waals surface area contributed by atoms with Crippen LogP contribution in [0.5, 0.6) is 0 Å². The Morgan fingerprint density at radius 2 is 1.79 bits per heavy atom. The fourth-order valence-corrected chi connectivity index (χ4v) is 1.49. The van der Waals surface area contributed by atoms with Crippen LogP contribution in [-0.4, -0.2) is 50.3 Å². The van der Waals surface area contributed by atoms with Crippen molar-refractivity contribution in [2.45, 2.75) is 6.92 Å². The summed E-state index contributed by atoms with van der Waals surface area (Å²) in [5, 5.41) is 5.83. The molecule has 1 amide bonds. The second-order valence-electron chi connectivity index (χ2n) is 4.64. The second kappa shape index (κ2) is 7.53. The number of carbonyl (C=O) groups excluding carboxylic acids is 2. The van der Waals surface area contributed by atoms with E-state index in [1.165, 1.54) is 6.92 Å². The number of anilines is 1. The maximum atomic E-state index is 11.5. The molecule has 0 saturated carbocycles. The summed E-state index contributed by atoms with van der Waals surface area (Å²) >= 11 is 0. The molecule has 0 bridgehead atoms. The van der Waals surface area contributed by atoms with Crippen molar-refractivity contribution < 1.29 is 9.59 Å². The van der Waals surface area contributed by atoms with Gasteiger partial charge < -0.3 is 15.5 Å². The number of amides is 1. The lowest BCUT2D eigenvalue weighted by Gasteiger charge is -2.11. The number of nitrogens with zero attached hydrogens (tertiary/aromatic N) is 1. The summed E-state index contributed by atoms with van der Waals surface area (Å²) in [6.07, 6.45) is 0. The van der Waals surface area contributed by atoms with Gasteiger partial charge in [0, 0.05) is 24.3 Å². The third kappa shape index (κ3) is 6.01. The van der Waals surface area contributed by atoms with Gasteiger partial charge in [-0.25, -0.2) is 0 Å². The average Bonchev–Trinajstić information content (AvgIpc) is 2.36. The third-order valence-corrected chi connectivity index (χ3v) is 2.63. The number of nitrogens with one attached hydrogen (secondary N) is 2. The van der Waals surface area contributed by atoms with Gasteiger partial charge in [0.2, 0.25) is 5.91 Å². The van der Waals surface area contributed by atoms with Crippen LogP contribution in [-0.2, 0) is 4.79 Å². The van der Waals surface area contributed by atoms with E-state index in [2.05, 4.69) is 10.6 Å². The van der Waals surface area contributed by atoms with Gasteiger partial charge in [-0.1, -0.05) is 0 Å². The van der Waals surface area contributed by atoms with Gasteiger partial charge in [-0.05, 0) is 45.3 Å². The van der Waals surface area contributed by atoms with Gasteiger partial charge in [0.15, 0.2) is 5.78 Å². The normalized spacial score (nSPS) is 10.3. The number of ketones is 1. The first kappa shape index (κ1) is 15.2. The van der Waals surface area contributed by atoms with Crippen molar-refractivity contribution >= 4 is 17.4 Å². The number of rotatable bonds is 7. The van der Waals surface area contributed by atoms with E-state index < -0.39 is 0 Å². The lowest BCUT2D eigenvalue weighted by molar-refractivity contribution is -0.119. The molecule has 0 aliphatic carbocycles. The van der Waals surface area contributed by atoms with E-state index in [4.69, 9.17) is 0 Å². The molecule has 5 nitrogen and oxygen atoms in total. The molecule has 1 rings (SSSR count). The smallest absolute Gasteiger partial charge is 0.239 e. The first-order valence-electron chi connectivity index (χ1n) is 6.25. The number of carbonyl (C=O) groups is 2.